The SMILES string of the molecule is CC(C)C(N)C(=O)Nc1ccc([N+](=O)[O-])c(Br)c1. The number of anilines is 1. The van der Waals surface area contributed by atoms with Crippen LogP contribution in [0.2, 0.25) is 0 Å². The van der Waals surface area contributed by atoms with Crippen LogP contribution in [0.1, 0.15) is 13.8 Å². The molecule has 0 aliphatic rings. The van der Waals surface area contributed by atoms with Crippen LogP contribution in [0.5, 0.6) is 0 Å². The molecule has 1 amide bonds. The van der Waals surface area contributed by atoms with Crippen LogP contribution in [0.15, 0.2) is 22.7 Å². The van der Waals surface area contributed by atoms with Crippen molar-refractivity contribution in [2.24, 2.45) is 11.7 Å². The van der Waals surface area contributed by atoms with Gasteiger partial charge in [0.05, 0.1) is 15.4 Å². The Bertz CT molecular complexity index is 477. The largest absolute Gasteiger partial charge is 0.325 e. The number of nitro benzene ring substituents is 1. The molecule has 0 aromatic heterocycles. The van der Waals surface area contributed by atoms with Gasteiger partial charge in [-0.2, -0.15) is 0 Å². The summed E-state index contributed by atoms with van der Waals surface area (Å²) in [5.41, 5.74) is 6.10. The molecule has 18 heavy (non-hydrogen) atoms. The Morgan fingerprint density at radius 1 is 1.50 bits per heavy atom. The zero-order valence-electron chi connectivity index (χ0n) is 10.0. The Balaban J connectivity index is 2.84. The smallest absolute Gasteiger partial charge is 0.283 e. The maximum atomic E-state index is 11.7. The highest BCUT2D eigenvalue weighted by Gasteiger charge is 2.18. The van der Waals surface area contributed by atoms with Crippen molar-refractivity contribution in [1.82, 2.24) is 0 Å². The van der Waals surface area contributed by atoms with Gasteiger partial charge in [-0.25, -0.2) is 0 Å². The first-order valence-electron chi connectivity index (χ1n) is 5.33. The number of halogens is 1. The van der Waals surface area contributed by atoms with Crippen molar-refractivity contribution < 1.29 is 9.72 Å². The van der Waals surface area contributed by atoms with Crippen LogP contribution in [0.4, 0.5) is 11.4 Å². The molecule has 98 valence electrons. The van der Waals surface area contributed by atoms with Crippen LogP contribution in [0.25, 0.3) is 0 Å². The van der Waals surface area contributed by atoms with Gasteiger partial charge in [-0.3, -0.25) is 14.9 Å². The molecule has 0 aliphatic carbocycles. The number of carbonyl (C=O) groups is 1. The highest BCUT2D eigenvalue weighted by atomic mass is 79.9. The van der Waals surface area contributed by atoms with Crippen molar-refractivity contribution in [3.05, 3.63) is 32.8 Å². The molecule has 0 saturated heterocycles. The first-order valence-corrected chi connectivity index (χ1v) is 6.12. The van der Waals surface area contributed by atoms with Crippen molar-refractivity contribution in [1.29, 1.82) is 0 Å². The van der Waals surface area contributed by atoms with Gasteiger partial charge in [0.1, 0.15) is 0 Å². The van der Waals surface area contributed by atoms with Crippen molar-refractivity contribution in [3.8, 4) is 0 Å². The summed E-state index contributed by atoms with van der Waals surface area (Å²) in [5.74, 6) is -0.294. The molecular weight excluding hydrogens is 302 g/mol. The number of nitrogens with one attached hydrogen (secondary N) is 1. The summed E-state index contributed by atoms with van der Waals surface area (Å²) >= 11 is 3.08. The van der Waals surface area contributed by atoms with Gasteiger partial charge >= 0.3 is 0 Å². The summed E-state index contributed by atoms with van der Waals surface area (Å²) < 4.78 is 0.309. The minimum absolute atomic E-state index is 0.0199. The number of nitrogens with zero attached hydrogens (tertiary/aromatic N) is 1. The van der Waals surface area contributed by atoms with Crippen molar-refractivity contribution in [2.45, 2.75) is 19.9 Å². The maximum absolute atomic E-state index is 11.7. The average molecular weight is 316 g/mol. The Morgan fingerprint density at radius 2 is 2.11 bits per heavy atom. The number of hydrogen-bond acceptors (Lipinski definition) is 4. The van der Waals surface area contributed by atoms with E-state index in [4.69, 9.17) is 5.73 Å². The molecule has 0 radical (unpaired) electrons. The molecule has 0 fully saturated rings. The zero-order chi connectivity index (χ0) is 13.9. The molecule has 1 unspecified atom stereocenters. The molecule has 0 spiro atoms. The number of amides is 1. The van der Waals surface area contributed by atoms with E-state index in [0.717, 1.165) is 0 Å². The lowest BCUT2D eigenvalue weighted by molar-refractivity contribution is -0.385. The average Bonchev–Trinajstić information content (AvgIpc) is 2.27. The summed E-state index contributed by atoms with van der Waals surface area (Å²) in [7, 11) is 0. The fourth-order valence-electron chi connectivity index (χ4n) is 1.26. The number of hydrogen-bond donors (Lipinski definition) is 2. The van der Waals surface area contributed by atoms with Gasteiger partial charge < -0.3 is 11.1 Å². The van der Waals surface area contributed by atoms with Gasteiger partial charge in [-0.05, 0) is 34.0 Å². The molecule has 6 nitrogen and oxygen atoms in total. The van der Waals surface area contributed by atoms with E-state index in [0.29, 0.717) is 10.2 Å². The van der Waals surface area contributed by atoms with Crippen LogP contribution >= 0.6 is 15.9 Å². The highest BCUT2D eigenvalue weighted by molar-refractivity contribution is 9.10. The zero-order valence-corrected chi connectivity index (χ0v) is 11.6. The second-order valence-electron chi connectivity index (χ2n) is 4.18. The second-order valence-corrected chi connectivity index (χ2v) is 5.04. The first-order chi connectivity index (χ1) is 8.32. The molecular formula is C11H14BrN3O3. The monoisotopic (exact) mass is 315 g/mol. The summed E-state index contributed by atoms with van der Waals surface area (Å²) in [6.45, 7) is 3.69. The van der Waals surface area contributed by atoms with Gasteiger partial charge in [0.25, 0.3) is 5.69 Å². The van der Waals surface area contributed by atoms with Gasteiger partial charge in [0.2, 0.25) is 5.91 Å². The third-order valence-electron chi connectivity index (χ3n) is 2.43. The minimum atomic E-state index is -0.612. The summed E-state index contributed by atoms with van der Waals surface area (Å²) in [4.78, 5) is 21.8. The molecule has 1 atom stereocenters. The molecule has 1 aromatic carbocycles. The number of carbonyl (C=O) groups excluding carboxylic acids is 1. The van der Waals surface area contributed by atoms with E-state index in [1.165, 1.54) is 18.2 Å². The number of rotatable bonds is 4. The van der Waals surface area contributed by atoms with E-state index < -0.39 is 11.0 Å². The van der Waals surface area contributed by atoms with Gasteiger partial charge in [0, 0.05) is 11.8 Å². The molecule has 0 saturated carbocycles. The molecule has 3 N–H and O–H groups in total. The Labute approximate surface area is 113 Å². The lowest BCUT2D eigenvalue weighted by Crippen LogP contribution is -2.39. The van der Waals surface area contributed by atoms with E-state index >= 15 is 0 Å². The normalized spacial score (nSPS) is 12.3. The van der Waals surface area contributed by atoms with Crippen LogP contribution < -0.4 is 11.1 Å². The second kappa shape index (κ2) is 5.92. The summed E-state index contributed by atoms with van der Waals surface area (Å²) in [5, 5.41) is 13.2. The van der Waals surface area contributed by atoms with Crippen LogP contribution in [0, 0.1) is 16.0 Å². The fraction of sp³-hybridized carbons (Fsp3) is 0.364. The van der Waals surface area contributed by atoms with E-state index in [9.17, 15) is 14.9 Å². The van der Waals surface area contributed by atoms with E-state index in [1.807, 2.05) is 13.8 Å². The Hall–Kier alpha value is -1.47. The maximum Gasteiger partial charge on any atom is 0.283 e. The minimum Gasteiger partial charge on any atom is -0.325 e. The third-order valence-corrected chi connectivity index (χ3v) is 3.07. The fourth-order valence-corrected chi connectivity index (χ4v) is 1.78. The van der Waals surface area contributed by atoms with Crippen LogP contribution in [-0.4, -0.2) is 16.9 Å². The summed E-state index contributed by atoms with van der Waals surface area (Å²) in [6.07, 6.45) is 0. The molecule has 7 heteroatoms. The standard InChI is InChI=1S/C11H14BrN3O3/c1-6(2)10(13)11(16)14-7-3-4-9(15(17)18)8(12)5-7/h3-6,10H,13H2,1-2H3,(H,14,16). The topological polar surface area (TPSA) is 98.3 Å². The summed E-state index contributed by atoms with van der Waals surface area (Å²) in [6, 6.07) is 3.65. The predicted octanol–water partition coefficient (Wildman–Crippen LogP) is 2.28. The third kappa shape index (κ3) is 3.51. The van der Waals surface area contributed by atoms with Crippen LogP contribution in [0.3, 0.4) is 0 Å². The predicted molar refractivity (Wildman–Crippen MR) is 72.2 cm³/mol. The molecule has 1 aromatic rings. The highest BCUT2D eigenvalue weighted by Crippen LogP contribution is 2.27. The van der Waals surface area contributed by atoms with Crippen molar-refractivity contribution >= 4 is 33.2 Å². The van der Waals surface area contributed by atoms with Crippen molar-refractivity contribution in [3.63, 3.8) is 0 Å². The Kier molecular flexibility index (Phi) is 4.80. The van der Waals surface area contributed by atoms with E-state index in [1.54, 1.807) is 0 Å². The lowest BCUT2D eigenvalue weighted by Gasteiger charge is -2.15. The van der Waals surface area contributed by atoms with Gasteiger partial charge in [-0.1, -0.05) is 13.8 Å². The van der Waals surface area contributed by atoms with E-state index in [-0.39, 0.29) is 17.5 Å². The quantitative estimate of drug-likeness (QED) is 0.657. The van der Waals surface area contributed by atoms with Crippen LogP contribution in [-0.2, 0) is 4.79 Å². The Morgan fingerprint density at radius 3 is 2.56 bits per heavy atom. The molecule has 1 rings (SSSR count). The number of nitrogens with two attached hydrogens (primary N) is 1. The number of benzene rings is 1. The first kappa shape index (κ1) is 14.6. The molecule has 0 heterocycles. The van der Waals surface area contributed by atoms with Gasteiger partial charge in [-0.15, -0.1) is 0 Å². The molecule has 0 aliphatic heterocycles. The van der Waals surface area contributed by atoms with Gasteiger partial charge in [0.15, 0.2) is 0 Å². The van der Waals surface area contributed by atoms with Crippen molar-refractivity contribution in [2.75, 3.05) is 5.32 Å². The lowest BCUT2D eigenvalue weighted by atomic mass is 10.0. The molecule has 0 bridgehead atoms. The number of nitro groups is 1. The van der Waals surface area contributed by atoms with E-state index in [2.05, 4.69) is 21.2 Å².